The molecule has 2 heterocycles. The van der Waals surface area contributed by atoms with Gasteiger partial charge in [0.1, 0.15) is 11.6 Å². The predicted molar refractivity (Wildman–Crippen MR) is 80.4 cm³/mol. The van der Waals surface area contributed by atoms with Crippen molar-refractivity contribution < 1.29 is 9.59 Å². The zero-order chi connectivity index (χ0) is 15.8. The van der Waals surface area contributed by atoms with Gasteiger partial charge in [-0.25, -0.2) is 0 Å². The highest BCUT2D eigenvalue weighted by molar-refractivity contribution is 5.99. The van der Waals surface area contributed by atoms with Crippen LogP contribution in [0.2, 0.25) is 0 Å². The Balaban J connectivity index is 2.37. The average molecular weight is 289 g/mol. The maximum absolute atomic E-state index is 12.7. The van der Waals surface area contributed by atoms with Crippen molar-refractivity contribution in [2.75, 3.05) is 0 Å². The van der Waals surface area contributed by atoms with Crippen LogP contribution in [0.4, 0.5) is 0 Å². The summed E-state index contributed by atoms with van der Waals surface area (Å²) >= 11 is 0. The number of carbonyl (C=O) groups is 2. The molecule has 2 amide bonds. The summed E-state index contributed by atoms with van der Waals surface area (Å²) in [7, 11) is 0. The van der Waals surface area contributed by atoms with Crippen LogP contribution < -0.4 is 5.32 Å². The van der Waals surface area contributed by atoms with Crippen LogP contribution in [0.1, 0.15) is 39.0 Å². The van der Waals surface area contributed by atoms with Gasteiger partial charge in [0.2, 0.25) is 11.8 Å². The maximum Gasteiger partial charge on any atom is 0.248 e. The molecular formula is C16H23N3O2. The second kappa shape index (κ2) is 5.47. The largest absolute Gasteiger partial charge is 0.340 e. The summed E-state index contributed by atoms with van der Waals surface area (Å²) in [5.74, 6) is -0.108. The molecule has 1 aliphatic heterocycles. The number of hydrogen-bond acceptors (Lipinski definition) is 3. The summed E-state index contributed by atoms with van der Waals surface area (Å²) in [5.41, 5.74) is 0.990. The van der Waals surface area contributed by atoms with Crippen LogP contribution in [-0.2, 0) is 16.1 Å². The predicted octanol–water partition coefficient (Wildman–Crippen LogP) is 1.65. The number of hydrogen-bond donors (Lipinski definition) is 1. The van der Waals surface area contributed by atoms with Crippen LogP contribution in [0.3, 0.4) is 0 Å². The number of nitrogens with zero attached hydrogens (tertiary/aromatic N) is 2. The Kier molecular flexibility index (Phi) is 4.03. The summed E-state index contributed by atoms with van der Waals surface area (Å²) in [6.45, 7) is 9.71. The fraction of sp³-hybridized carbons (Fsp3) is 0.562. The number of rotatable bonds is 3. The van der Waals surface area contributed by atoms with E-state index in [2.05, 4.69) is 10.3 Å². The minimum atomic E-state index is -0.870. The molecule has 1 fully saturated rings. The molecule has 2 rings (SSSR count). The molecule has 1 aromatic heterocycles. The first-order valence-corrected chi connectivity index (χ1v) is 7.27. The second-order valence-electron chi connectivity index (χ2n) is 6.50. The summed E-state index contributed by atoms with van der Waals surface area (Å²) in [4.78, 5) is 31.1. The smallest absolute Gasteiger partial charge is 0.248 e. The van der Waals surface area contributed by atoms with Gasteiger partial charge in [-0.1, -0.05) is 19.9 Å². The zero-order valence-corrected chi connectivity index (χ0v) is 13.3. The van der Waals surface area contributed by atoms with Gasteiger partial charge in [-0.2, -0.15) is 0 Å². The van der Waals surface area contributed by atoms with Crippen LogP contribution in [0.25, 0.3) is 0 Å². The Hall–Kier alpha value is -1.91. The van der Waals surface area contributed by atoms with E-state index in [0.717, 1.165) is 11.3 Å². The van der Waals surface area contributed by atoms with E-state index in [1.807, 2.05) is 32.9 Å². The quantitative estimate of drug-likeness (QED) is 0.920. The Labute approximate surface area is 125 Å². The first-order valence-electron chi connectivity index (χ1n) is 7.27. The standard InChI is InChI=1S/C16H23N3O2/c1-10(2)13-14(20)18-16(4,5)15(21)19(13)9-12-11(3)7-6-8-17-12/h6-8,10,13H,9H2,1-5H3,(H,18,20). The molecule has 0 aliphatic carbocycles. The van der Waals surface area contributed by atoms with Gasteiger partial charge in [0, 0.05) is 6.20 Å². The van der Waals surface area contributed by atoms with E-state index in [-0.39, 0.29) is 17.7 Å². The van der Waals surface area contributed by atoms with E-state index < -0.39 is 11.6 Å². The number of piperazine rings is 1. The monoisotopic (exact) mass is 289 g/mol. The molecule has 114 valence electrons. The number of pyridine rings is 1. The summed E-state index contributed by atoms with van der Waals surface area (Å²) in [6.07, 6.45) is 1.71. The first kappa shape index (κ1) is 15.5. The SMILES string of the molecule is Cc1cccnc1CN1C(=O)C(C)(C)NC(=O)C1C(C)C. The normalized spacial score (nSPS) is 21.6. The van der Waals surface area contributed by atoms with E-state index in [0.29, 0.717) is 6.54 Å². The van der Waals surface area contributed by atoms with Crippen LogP contribution in [0.15, 0.2) is 18.3 Å². The molecule has 0 spiro atoms. The van der Waals surface area contributed by atoms with Gasteiger partial charge in [0.15, 0.2) is 0 Å². The Morgan fingerprint density at radius 3 is 2.62 bits per heavy atom. The molecule has 21 heavy (non-hydrogen) atoms. The van der Waals surface area contributed by atoms with Crippen molar-refractivity contribution in [1.82, 2.24) is 15.2 Å². The van der Waals surface area contributed by atoms with E-state index in [9.17, 15) is 9.59 Å². The molecule has 1 aliphatic rings. The number of nitrogens with one attached hydrogen (secondary N) is 1. The van der Waals surface area contributed by atoms with Gasteiger partial charge in [-0.05, 0) is 38.3 Å². The van der Waals surface area contributed by atoms with Gasteiger partial charge in [0.05, 0.1) is 12.2 Å². The van der Waals surface area contributed by atoms with Crippen molar-refractivity contribution >= 4 is 11.8 Å². The highest BCUT2D eigenvalue weighted by atomic mass is 16.2. The van der Waals surface area contributed by atoms with Crippen molar-refractivity contribution in [3.8, 4) is 0 Å². The molecule has 0 radical (unpaired) electrons. The summed E-state index contributed by atoms with van der Waals surface area (Å²) < 4.78 is 0. The lowest BCUT2D eigenvalue weighted by atomic mass is 9.91. The van der Waals surface area contributed by atoms with E-state index >= 15 is 0 Å². The minimum absolute atomic E-state index is 0.0501. The molecule has 5 nitrogen and oxygen atoms in total. The third-order valence-electron chi connectivity index (χ3n) is 3.91. The molecule has 5 heteroatoms. The molecule has 0 aromatic carbocycles. The number of carbonyl (C=O) groups excluding carboxylic acids is 2. The molecule has 1 saturated heterocycles. The van der Waals surface area contributed by atoms with Crippen LogP contribution in [0, 0.1) is 12.8 Å². The van der Waals surface area contributed by atoms with Gasteiger partial charge in [0.25, 0.3) is 0 Å². The van der Waals surface area contributed by atoms with Gasteiger partial charge >= 0.3 is 0 Å². The average Bonchev–Trinajstić information content (AvgIpc) is 2.37. The molecular weight excluding hydrogens is 266 g/mol. The lowest BCUT2D eigenvalue weighted by Crippen LogP contribution is -2.68. The maximum atomic E-state index is 12.7. The number of amides is 2. The van der Waals surface area contributed by atoms with Gasteiger partial charge < -0.3 is 10.2 Å². The zero-order valence-electron chi connectivity index (χ0n) is 13.3. The minimum Gasteiger partial charge on any atom is -0.340 e. The molecule has 1 atom stereocenters. The topological polar surface area (TPSA) is 62.3 Å². The van der Waals surface area contributed by atoms with E-state index in [1.54, 1.807) is 24.9 Å². The van der Waals surface area contributed by atoms with Crippen molar-refractivity contribution in [3.63, 3.8) is 0 Å². The molecule has 0 saturated carbocycles. The van der Waals surface area contributed by atoms with Gasteiger partial charge in [-0.15, -0.1) is 0 Å². The van der Waals surface area contributed by atoms with E-state index in [1.165, 1.54) is 0 Å². The van der Waals surface area contributed by atoms with Crippen molar-refractivity contribution in [2.24, 2.45) is 5.92 Å². The second-order valence-corrected chi connectivity index (χ2v) is 6.50. The molecule has 1 unspecified atom stereocenters. The highest BCUT2D eigenvalue weighted by Gasteiger charge is 2.46. The Morgan fingerprint density at radius 1 is 1.38 bits per heavy atom. The first-order chi connectivity index (χ1) is 9.74. The lowest BCUT2D eigenvalue weighted by Gasteiger charge is -2.44. The van der Waals surface area contributed by atoms with Gasteiger partial charge in [-0.3, -0.25) is 14.6 Å². The van der Waals surface area contributed by atoms with Crippen LogP contribution in [-0.4, -0.2) is 33.3 Å². The lowest BCUT2D eigenvalue weighted by molar-refractivity contribution is -0.156. The van der Waals surface area contributed by atoms with Crippen molar-refractivity contribution in [1.29, 1.82) is 0 Å². The molecule has 1 N–H and O–H groups in total. The third kappa shape index (κ3) is 2.91. The van der Waals surface area contributed by atoms with Crippen LogP contribution in [0.5, 0.6) is 0 Å². The fourth-order valence-corrected chi connectivity index (χ4v) is 2.74. The fourth-order valence-electron chi connectivity index (χ4n) is 2.74. The van der Waals surface area contributed by atoms with E-state index in [4.69, 9.17) is 0 Å². The highest BCUT2D eigenvalue weighted by Crippen LogP contribution is 2.24. The molecule has 1 aromatic rings. The number of aromatic nitrogens is 1. The Morgan fingerprint density at radius 2 is 2.05 bits per heavy atom. The third-order valence-corrected chi connectivity index (χ3v) is 3.91. The van der Waals surface area contributed by atoms with Crippen LogP contribution >= 0.6 is 0 Å². The van der Waals surface area contributed by atoms with Crippen molar-refractivity contribution in [3.05, 3.63) is 29.6 Å². The molecule has 0 bridgehead atoms. The Bertz CT molecular complexity index is 566. The number of aryl methyl sites for hydroxylation is 1. The summed E-state index contributed by atoms with van der Waals surface area (Å²) in [5, 5.41) is 2.82. The van der Waals surface area contributed by atoms with Crippen molar-refractivity contribution in [2.45, 2.75) is 52.7 Å². The summed E-state index contributed by atoms with van der Waals surface area (Å²) in [6, 6.07) is 3.38.